The van der Waals surface area contributed by atoms with Crippen LogP contribution in [0.2, 0.25) is 0 Å². The summed E-state index contributed by atoms with van der Waals surface area (Å²) in [7, 11) is -4.49. The quantitative estimate of drug-likeness (QED) is 0.625. The Hall–Kier alpha value is -2.42. The lowest BCUT2D eigenvalue weighted by molar-refractivity contribution is 0.0691. The fourth-order valence-corrected chi connectivity index (χ4v) is 2.51. The predicted molar refractivity (Wildman–Crippen MR) is 75.4 cm³/mol. The van der Waals surface area contributed by atoms with Gasteiger partial charge in [0.2, 0.25) is 0 Å². The topological polar surface area (TPSA) is 132 Å². The molecule has 0 bridgehead atoms. The molecule has 0 aliphatic carbocycles. The van der Waals surface area contributed by atoms with Crippen LogP contribution in [0, 0.1) is 0 Å². The van der Waals surface area contributed by atoms with Gasteiger partial charge in [0.25, 0.3) is 10.1 Å². The minimum absolute atomic E-state index is 0.0462. The van der Waals surface area contributed by atoms with Crippen LogP contribution < -0.4 is 0 Å². The Balaban J connectivity index is 2.51. The van der Waals surface area contributed by atoms with E-state index >= 15 is 0 Å². The number of carboxylic acid groups (broad SMARTS) is 1. The molecular formula is C14H12O7S. The Labute approximate surface area is 125 Å². The van der Waals surface area contributed by atoms with E-state index in [0.717, 1.165) is 18.2 Å². The Morgan fingerprint density at radius 1 is 1.05 bits per heavy atom. The Morgan fingerprint density at radius 3 is 2.23 bits per heavy atom. The lowest BCUT2D eigenvalue weighted by Gasteiger charge is -2.15. The van der Waals surface area contributed by atoms with Crippen molar-refractivity contribution in [3.8, 4) is 5.75 Å². The highest BCUT2D eigenvalue weighted by atomic mass is 32.2. The average Bonchev–Trinajstić information content (AvgIpc) is 2.45. The maximum Gasteiger partial charge on any atom is 0.336 e. The highest BCUT2D eigenvalue weighted by Crippen LogP contribution is 2.32. The van der Waals surface area contributed by atoms with Crippen LogP contribution in [-0.4, -0.2) is 34.3 Å². The molecule has 0 aromatic heterocycles. The molecule has 1 atom stereocenters. The molecule has 8 heteroatoms. The van der Waals surface area contributed by atoms with Gasteiger partial charge in [-0.1, -0.05) is 24.3 Å². The van der Waals surface area contributed by atoms with Crippen LogP contribution in [0.5, 0.6) is 5.75 Å². The molecule has 2 aromatic carbocycles. The molecule has 0 amide bonds. The van der Waals surface area contributed by atoms with Gasteiger partial charge in [0.05, 0.1) is 10.5 Å². The zero-order chi connectivity index (χ0) is 16.5. The molecule has 2 rings (SSSR count). The van der Waals surface area contributed by atoms with Gasteiger partial charge in [0.15, 0.2) is 0 Å². The van der Waals surface area contributed by atoms with Crippen LogP contribution in [0.25, 0.3) is 0 Å². The van der Waals surface area contributed by atoms with E-state index in [1.165, 1.54) is 24.3 Å². The van der Waals surface area contributed by atoms with Gasteiger partial charge in [0.1, 0.15) is 11.9 Å². The van der Waals surface area contributed by atoms with Crippen molar-refractivity contribution in [3.63, 3.8) is 0 Å². The van der Waals surface area contributed by atoms with Crippen LogP contribution in [0.1, 0.15) is 27.6 Å². The molecule has 4 N–H and O–H groups in total. The SMILES string of the molecule is O=C(O)c1ccccc1C(O)c1ccc(S(=O)(=O)O)cc1O. The summed E-state index contributed by atoms with van der Waals surface area (Å²) in [5.74, 6) is -1.83. The number of phenolic OH excluding ortho intramolecular Hbond substituents is 1. The molecule has 0 radical (unpaired) electrons. The van der Waals surface area contributed by atoms with Crippen molar-refractivity contribution in [3.05, 3.63) is 59.2 Å². The number of hydrogen-bond acceptors (Lipinski definition) is 5. The van der Waals surface area contributed by atoms with E-state index in [0.29, 0.717) is 0 Å². The number of hydrogen-bond donors (Lipinski definition) is 4. The first-order valence-electron chi connectivity index (χ1n) is 6.02. The van der Waals surface area contributed by atoms with Crippen molar-refractivity contribution in [1.82, 2.24) is 0 Å². The van der Waals surface area contributed by atoms with Crippen LogP contribution in [0.15, 0.2) is 47.4 Å². The van der Waals surface area contributed by atoms with Crippen molar-refractivity contribution in [1.29, 1.82) is 0 Å². The molecule has 0 heterocycles. The van der Waals surface area contributed by atoms with E-state index in [1.54, 1.807) is 0 Å². The number of aromatic carboxylic acids is 1. The maximum absolute atomic E-state index is 11.1. The molecule has 2 aromatic rings. The van der Waals surface area contributed by atoms with E-state index in [1.807, 2.05) is 0 Å². The Kier molecular flexibility index (Phi) is 4.18. The van der Waals surface area contributed by atoms with Crippen molar-refractivity contribution < 1.29 is 33.1 Å². The number of rotatable bonds is 4. The molecule has 22 heavy (non-hydrogen) atoms. The van der Waals surface area contributed by atoms with Crippen LogP contribution >= 0.6 is 0 Å². The van der Waals surface area contributed by atoms with Gasteiger partial charge in [-0.3, -0.25) is 4.55 Å². The normalized spacial score (nSPS) is 12.8. The van der Waals surface area contributed by atoms with E-state index < -0.39 is 32.8 Å². The zero-order valence-corrected chi connectivity index (χ0v) is 11.9. The fraction of sp³-hybridized carbons (Fsp3) is 0.0714. The molecule has 7 nitrogen and oxygen atoms in total. The molecule has 0 saturated carbocycles. The lowest BCUT2D eigenvalue weighted by Crippen LogP contribution is -2.09. The first-order chi connectivity index (χ1) is 10.2. The number of carboxylic acids is 1. The summed E-state index contributed by atoms with van der Waals surface area (Å²) >= 11 is 0. The average molecular weight is 324 g/mol. The largest absolute Gasteiger partial charge is 0.508 e. The number of phenols is 1. The Bertz CT molecular complexity index is 827. The number of carbonyl (C=O) groups is 1. The first-order valence-corrected chi connectivity index (χ1v) is 7.46. The molecular weight excluding hydrogens is 312 g/mol. The molecule has 0 fully saturated rings. The number of aromatic hydroxyl groups is 1. The van der Waals surface area contributed by atoms with Gasteiger partial charge in [-0.15, -0.1) is 0 Å². The summed E-state index contributed by atoms with van der Waals surface area (Å²) in [5, 5.41) is 29.2. The van der Waals surface area contributed by atoms with E-state index in [-0.39, 0.29) is 16.7 Å². The second-order valence-corrected chi connectivity index (χ2v) is 5.91. The van der Waals surface area contributed by atoms with Gasteiger partial charge in [-0.2, -0.15) is 8.42 Å². The maximum atomic E-state index is 11.1. The van der Waals surface area contributed by atoms with Crippen molar-refractivity contribution in [2.24, 2.45) is 0 Å². The highest BCUT2D eigenvalue weighted by Gasteiger charge is 2.22. The number of benzene rings is 2. The Morgan fingerprint density at radius 2 is 1.68 bits per heavy atom. The van der Waals surface area contributed by atoms with E-state index in [2.05, 4.69) is 0 Å². The van der Waals surface area contributed by atoms with Crippen LogP contribution in [0.4, 0.5) is 0 Å². The second kappa shape index (κ2) is 5.76. The standard InChI is InChI=1S/C14H12O7S/c15-12-7-8(22(19,20)21)5-6-11(12)13(16)9-3-1-2-4-10(9)14(17)18/h1-7,13,15-16H,(H,17,18)(H,19,20,21). The van der Waals surface area contributed by atoms with Crippen LogP contribution in [-0.2, 0) is 10.1 Å². The fourth-order valence-electron chi connectivity index (χ4n) is 2.01. The van der Waals surface area contributed by atoms with Gasteiger partial charge >= 0.3 is 5.97 Å². The third-order valence-electron chi connectivity index (χ3n) is 3.08. The van der Waals surface area contributed by atoms with Gasteiger partial charge in [-0.25, -0.2) is 4.79 Å². The van der Waals surface area contributed by atoms with E-state index in [4.69, 9.17) is 9.66 Å². The monoisotopic (exact) mass is 324 g/mol. The van der Waals surface area contributed by atoms with Gasteiger partial charge in [0, 0.05) is 11.6 Å². The minimum atomic E-state index is -4.49. The predicted octanol–water partition coefficient (Wildman–Crippen LogP) is 1.42. The van der Waals surface area contributed by atoms with Gasteiger partial charge < -0.3 is 15.3 Å². The molecule has 0 saturated heterocycles. The van der Waals surface area contributed by atoms with Crippen molar-refractivity contribution in [2.75, 3.05) is 0 Å². The molecule has 0 aliphatic rings. The summed E-state index contributed by atoms with van der Waals surface area (Å²) in [5.41, 5.74) is -0.181. The lowest BCUT2D eigenvalue weighted by atomic mass is 9.96. The van der Waals surface area contributed by atoms with Crippen LogP contribution in [0.3, 0.4) is 0 Å². The number of aliphatic hydroxyl groups is 1. The smallest absolute Gasteiger partial charge is 0.336 e. The molecule has 1 unspecified atom stereocenters. The third kappa shape index (κ3) is 3.08. The van der Waals surface area contributed by atoms with Crippen molar-refractivity contribution >= 4 is 16.1 Å². The summed E-state index contributed by atoms with van der Waals surface area (Å²) in [6, 6.07) is 8.56. The second-order valence-electron chi connectivity index (χ2n) is 4.49. The highest BCUT2D eigenvalue weighted by molar-refractivity contribution is 7.85. The summed E-state index contributed by atoms with van der Waals surface area (Å²) in [6.45, 7) is 0. The molecule has 0 aliphatic heterocycles. The summed E-state index contributed by atoms with van der Waals surface area (Å²) < 4.78 is 30.9. The first kappa shape index (κ1) is 16.0. The van der Waals surface area contributed by atoms with E-state index in [9.17, 15) is 23.4 Å². The molecule has 0 spiro atoms. The minimum Gasteiger partial charge on any atom is -0.508 e. The number of aliphatic hydroxyl groups excluding tert-OH is 1. The zero-order valence-electron chi connectivity index (χ0n) is 11.0. The van der Waals surface area contributed by atoms with Gasteiger partial charge in [-0.05, 0) is 17.7 Å². The van der Waals surface area contributed by atoms with Crippen molar-refractivity contribution in [2.45, 2.75) is 11.0 Å². The summed E-state index contributed by atoms with van der Waals surface area (Å²) in [6.07, 6.45) is -1.47. The molecule has 116 valence electrons. The third-order valence-corrected chi connectivity index (χ3v) is 3.93. The summed E-state index contributed by atoms with van der Waals surface area (Å²) in [4.78, 5) is 10.6.